The molecule has 0 unspecified atom stereocenters. The molecule has 3 N–H and O–H groups in total. The van der Waals surface area contributed by atoms with E-state index in [0.717, 1.165) is 23.5 Å². The fourth-order valence-electron chi connectivity index (χ4n) is 1.45. The Morgan fingerprint density at radius 3 is 2.57 bits per heavy atom. The average molecular weight is 377 g/mol. The van der Waals surface area contributed by atoms with Gasteiger partial charge in [0.1, 0.15) is 16.6 Å². The van der Waals surface area contributed by atoms with Gasteiger partial charge in [0.05, 0.1) is 15.7 Å². The maximum Gasteiger partial charge on any atom is 0.338 e. The second kappa shape index (κ2) is 6.19. The Bertz CT molecular complexity index is 721. The van der Waals surface area contributed by atoms with Crippen molar-refractivity contribution in [3.8, 4) is 0 Å². The Morgan fingerprint density at radius 2 is 1.90 bits per heavy atom. The zero-order valence-corrected chi connectivity index (χ0v) is 12.5. The third-order valence-corrected chi connectivity index (χ3v) is 3.82. The Morgan fingerprint density at radius 1 is 1.19 bits per heavy atom. The molecule has 0 aliphatic heterocycles. The summed E-state index contributed by atoms with van der Waals surface area (Å²) in [5.41, 5.74) is -0.445. The number of carboxylic acids is 1. The highest BCUT2D eigenvalue weighted by Crippen LogP contribution is 2.25. The minimum Gasteiger partial charge on any atom is -0.478 e. The molecule has 0 saturated carbocycles. The van der Waals surface area contributed by atoms with Crippen LogP contribution >= 0.6 is 27.3 Å². The largest absolute Gasteiger partial charge is 0.478 e. The maximum absolute atomic E-state index is 13.5. The second-order valence-electron chi connectivity index (χ2n) is 3.79. The number of benzene rings is 1. The summed E-state index contributed by atoms with van der Waals surface area (Å²) in [6, 6.07) is 2.13. The van der Waals surface area contributed by atoms with Crippen LogP contribution in [0.15, 0.2) is 28.1 Å². The molecule has 2 amide bonds. The molecule has 0 saturated heterocycles. The van der Waals surface area contributed by atoms with Gasteiger partial charge in [0.15, 0.2) is 0 Å². The van der Waals surface area contributed by atoms with E-state index >= 15 is 0 Å². The first kappa shape index (κ1) is 15.4. The third kappa shape index (κ3) is 3.56. The molecule has 0 aliphatic rings. The van der Waals surface area contributed by atoms with Crippen LogP contribution in [0.5, 0.6) is 0 Å². The fraction of sp³-hybridized carbons (Fsp3) is 0. The lowest BCUT2D eigenvalue weighted by atomic mass is 10.3. The zero-order valence-electron chi connectivity index (χ0n) is 10.1. The molecule has 0 spiro atoms. The number of urea groups is 1. The monoisotopic (exact) mass is 376 g/mol. The van der Waals surface area contributed by atoms with Crippen LogP contribution in [-0.4, -0.2) is 17.1 Å². The molecular formula is C12H7BrF2N2O3S. The topological polar surface area (TPSA) is 78.4 Å². The zero-order chi connectivity index (χ0) is 15.6. The summed E-state index contributed by atoms with van der Waals surface area (Å²) >= 11 is 3.81. The van der Waals surface area contributed by atoms with Gasteiger partial charge in [-0.05, 0) is 33.4 Å². The molecule has 0 radical (unpaired) electrons. The van der Waals surface area contributed by atoms with Crippen molar-refractivity contribution in [2.75, 3.05) is 10.6 Å². The lowest BCUT2D eigenvalue weighted by Crippen LogP contribution is -2.20. The van der Waals surface area contributed by atoms with Crippen LogP contribution in [0, 0.1) is 11.6 Å². The predicted molar refractivity (Wildman–Crippen MR) is 78.0 cm³/mol. The minimum atomic E-state index is -1.20. The number of anilines is 2. The van der Waals surface area contributed by atoms with Crippen LogP contribution in [0.2, 0.25) is 0 Å². The average Bonchev–Trinajstić information content (AvgIpc) is 2.84. The Balaban J connectivity index is 2.14. The molecule has 2 rings (SSSR count). The summed E-state index contributed by atoms with van der Waals surface area (Å²) in [5.74, 6) is -2.77. The van der Waals surface area contributed by atoms with Gasteiger partial charge < -0.3 is 10.4 Å². The van der Waals surface area contributed by atoms with E-state index in [1.807, 2.05) is 0 Å². The van der Waals surface area contributed by atoms with Crippen LogP contribution in [0.25, 0.3) is 0 Å². The Labute approximate surface area is 129 Å². The van der Waals surface area contributed by atoms with Gasteiger partial charge in [-0.15, -0.1) is 11.3 Å². The van der Waals surface area contributed by atoms with Crippen molar-refractivity contribution in [2.45, 2.75) is 0 Å². The first-order valence-electron chi connectivity index (χ1n) is 5.42. The van der Waals surface area contributed by atoms with Crippen LogP contribution in [0.1, 0.15) is 10.4 Å². The Kier molecular flexibility index (Phi) is 4.53. The summed E-state index contributed by atoms with van der Waals surface area (Å²) in [4.78, 5) is 22.6. The summed E-state index contributed by atoms with van der Waals surface area (Å²) in [6.45, 7) is 0. The summed E-state index contributed by atoms with van der Waals surface area (Å²) in [7, 11) is 0. The standard InChI is InChI=1S/C12H7BrF2N2O3S/c13-6-3-8(15)9(4-7(6)14)16-12(20)17-10-5(11(18)19)1-2-21-10/h1-4H,(H,18,19)(H2,16,17,20). The van der Waals surface area contributed by atoms with Crippen LogP contribution in [0.4, 0.5) is 24.3 Å². The predicted octanol–water partition coefficient (Wildman–Crippen LogP) is 4.13. The van der Waals surface area contributed by atoms with E-state index in [4.69, 9.17) is 5.11 Å². The number of nitrogens with one attached hydrogen (secondary N) is 2. The quantitative estimate of drug-likeness (QED) is 0.704. The van der Waals surface area contributed by atoms with Gasteiger partial charge in [0.2, 0.25) is 0 Å². The van der Waals surface area contributed by atoms with Crippen molar-refractivity contribution in [2.24, 2.45) is 0 Å². The molecule has 0 bridgehead atoms. The Hall–Kier alpha value is -2.00. The number of hydrogen-bond donors (Lipinski definition) is 3. The molecule has 0 atom stereocenters. The van der Waals surface area contributed by atoms with E-state index in [1.165, 1.54) is 11.4 Å². The molecular weight excluding hydrogens is 370 g/mol. The molecule has 9 heteroatoms. The van der Waals surface area contributed by atoms with Crippen molar-refractivity contribution in [3.05, 3.63) is 45.2 Å². The number of hydrogen-bond acceptors (Lipinski definition) is 3. The van der Waals surface area contributed by atoms with E-state index in [2.05, 4.69) is 26.6 Å². The number of halogens is 3. The number of amides is 2. The maximum atomic E-state index is 13.5. The van der Waals surface area contributed by atoms with Gasteiger partial charge >= 0.3 is 12.0 Å². The van der Waals surface area contributed by atoms with Crippen molar-refractivity contribution < 1.29 is 23.5 Å². The number of carboxylic acid groups (broad SMARTS) is 1. The number of thiophene rings is 1. The first-order valence-corrected chi connectivity index (χ1v) is 7.09. The molecule has 5 nitrogen and oxygen atoms in total. The molecule has 0 aliphatic carbocycles. The third-order valence-electron chi connectivity index (χ3n) is 2.38. The van der Waals surface area contributed by atoms with Crippen molar-refractivity contribution >= 4 is 50.0 Å². The molecule has 21 heavy (non-hydrogen) atoms. The molecule has 1 aromatic carbocycles. The lowest BCUT2D eigenvalue weighted by Gasteiger charge is -2.08. The lowest BCUT2D eigenvalue weighted by molar-refractivity contribution is 0.0698. The van der Waals surface area contributed by atoms with Gasteiger partial charge in [-0.3, -0.25) is 5.32 Å². The molecule has 2 aromatic rings. The fourth-order valence-corrected chi connectivity index (χ4v) is 2.54. The van der Waals surface area contributed by atoms with Gasteiger partial charge in [0.25, 0.3) is 0 Å². The second-order valence-corrected chi connectivity index (χ2v) is 5.56. The highest BCUT2D eigenvalue weighted by molar-refractivity contribution is 9.10. The van der Waals surface area contributed by atoms with E-state index in [9.17, 15) is 18.4 Å². The van der Waals surface area contributed by atoms with Crippen molar-refractivity contribution in [3.63, 3.8) is 0 Å². The van der Waals surface area contributed by atoms with Gasteiger partial charge in [-0.1, -0.05) is 0 Å². The van der Waals surface area contributed by atoms with Crippen molar-refractivity contribution in [1.29, 1.82) is 0 Å². The summed E-state index contributed by atoms with van der Waals surface area (Å²) in [6.07, 6.45) is 0. The number of aromatic carboxylic acids is 1. The first-order chi connectivity index (χ1) is 9.88. The number of rotatable bonds is 3. The molecule has 1 heterocycles. The van der Waals surface area contributed by atoms with Crippen molar-refractivity contribution in [1.82, 2.24) is 0 Å². The van der Waals surface area contributed by atoms with Gasteiger partial charge in [-0.25, -0.2) is 18.4 Å². The molecule has 110 valence electrons. The van der Waals surface area contributed by atoms with E-state index in [1.54, 1.807) is 0 Å². The van der Waals surface area contributed by atoms with Crippen LogP contribution in [0.3, 0.4) is 0 Å². The van der Waals surface area contributed by atoms with E-state index in [0.29, 0.717) is 0 Å². The smallest absolute Gasteiger partial charge is 0.338 e. The minimum absolute atomic E-state index is 0.0719. The molecule has 1 aromatic heterocycles. The van der Waals surface area contributed by atoms with Gasteiger partial charge in [0, 0.05) is 6.07 Å². The SMILES string of the molecule is O=C(Nc1cc(F)c(Br)cc1F)Nc1sccc1C(=O)O. The highest BCUT2D eigenvalue weighted by atomic mass is 79.9. The molecule has 0 fully saturated rings. The van der Waals surface area contributed by atoms with Crippen LogP contribution in [-0.2, 0) is 0 Å². The summed E-state index contributed by atoms with van der Waals surface area (Å²) in [5, 5.41) is 14.8. The number of carbonyl (C=O) groups is 2. The number of carbonyl (C=O) groups excluding carboxylic acids is 1. The van der Waals surface area contributed by atoms with Gasteiger partial charge in [-0.2, -0.15) is 0 Å². The highest BCUT2D eigenvalue weighted by Gasteiger charge is 2.15. The van der Waals surface area contributed by atoms with Crippen LogP contribution < -0.4 is 10.6 Å². The van der Waals surface area contributed by atoms with E-state index in [-0.39, 0.29) is 20.7 Å². The summed E-state index contributed by atoms with van der Waals surface area (Å²) < 4.78 is 26.8. The van der Waals surface area contributed by atoms with E-state index < -0.39 is 23.6 Å². The normalized spacial score (nSPS) is 10.2.